The highest BCUT2D eigenvalue weighted by atomic mass is 15.2. The minimum Gasteiger partial charge on any atom is -0.352 e. The zero-order chi connectivity index (χ0) is 13.1. The summed E-state index contributed by atoms with van der Waals surface area (Å²) >= 11 is 0. The van der Waals surface area contributed by atoms with Gasteiger partial charge in [-0.1, -0.05) is 0 Å². The maximum Gasteiger partial charge on any atom is 0.147 e. The van der Waals surface area contributed by atoms with E-state index in [9.17, 15) is 5.26 Å². The van der Waals surface area contributed by atoms with Crippen LogP contribution in [0, 0.1) is 24.2 Å². The third-order valence-corrected chi connectivity index (χ3v) is 3.72. The van der Waals surface area contributed by atoms with Crippen LogP contribution in [0.2, 0.25) is 0 Å². The van der Waals surface area contributed by atoms with Crippen LogP contribution in [0.25, 0.3) is 0 Å². The van der Waals surface area contributed by atoms with E-state index in [2.05, 4.69) is 22.9 Å². The van der Waals surface area contributed by atoms with Gasteiger partial charge in [-0.15, -0.1) is 0 Å². The summed E-state index contributed by atoms with van der Waals surface area (Å²) < 4.78 is 0. The summed E-state index contributed by atoms with van der Waals surface area (Å²) in [5.74, 6) is 1.33. The second-order valence-electron chi connectivity index (χ2n) is 5.12. The average Bonchev–Trinajstić information content (AvgIpc) is 2.39. The van der Waals surface area contributed by atoms with Gasteiger partial charge in [0.1, 0.15) is 11.9 Å². The van der Waals surface area contributed by atoms with E-state index < -0.39 is 0 Å². The quantitative estimate of drug-likeness (QED) is 0.862. The highest BCUT2D eigenvalue weighted by Crippen LogP contribution is 2.28. The summed E-state index contributed by atoms with van der Waals surface area (Å²) in [6, 6.07) is 6.41. The van der Waals surface area contributed by atoms with Gasteiger partial charge in [-0.25, -0.2) is 4.98 Å². The highest BCUT2D eigenvalue weighted by Gasteiger charge is 2.27. The average molecular weight is 244 g/mol. The molecule has 2 heterocycles. The minimum absolute atomic E-state index is 0.425. The minimum atomic E-state index is 0.425. The predicted octanol–water partition coefficient (Wildman–Crippen LogP) is 1.83. The van der Waals surface area contributed by atoms with Crippen LogP contribution in [0.4, 0.5) is 5.82 Å². The molecule has 18 heavy (non-hydrogen) atoms. The summed E-state index contributed by atoms with van der Waals surface area (Å²) in [7, 11) is 0. The Hall–Kier alpha value is -1.60. The number of hydrogen-bond acceptors (Lipinski definition) is 4. The molecule has 2 N–H and O–H groups in total. The molecule has 2 atom stereocenters. The van der Waals surface area contributed by atoms with Crippen molar-refractivity contribution in [1.29, 1.82) is 5.26 Å². The van der Waals surface area contributed by atoms with Crippen molar-refractivity contribution in [2.75, 3.05) is 18.0 Å². The van der Waals surface area contributed by atoms with Crippen molar-refractivity contribution < 1.29 is 0 Å². The number of rotatable bonds is 2. The first kappa shape index (κ1) is 12.8. The Bertz CT molecular complexity index is 463. The van der Waals surface area contributed by atoms with Crippen LogP contribution in [0.5, 0.6) is 0 Å². The van der Waals surface area contributed by atoms with Gasteiger partial charge < -0.3 is 10.6 Å². The number of nitrogens with two attached hydrogens (primary N) is 1. The molecule has 96 valence electrons. The Morgan fingerprint density at radius 2 is 2.28 bits per heavy atom. The molecule has 1 aromatic rings. The molecule has 4 nitrogen and oxygen atoms in total. The second-order valence-corrected chi connectivity index (χ2v) is 5.12. The molecular weight excluding hydrogens is 224 g/mol. The van der Waals surface area contributed by atoms with Gasteiger partial charge in [-0.3, -0.25) is 0 Å². The third-order valence-electron chi connectivity index (χ3n) is 3.72. The number of aromatic nitrogens is 1. The van der Waals surface area contributed by atoms with Crippen molar-refractivity contribution in [2.45, 2.75) is 32.7 Å². The number of nitriles is 1. The normalized spacial score (nSPS) is 23.8. The number of piperidine rings is 1. The summed E-state index contributed by atoms with van der Waals surface area (Å²) in [6.07, 6.45) is 2.28. The largest absolute Gasteiger partial charge is 0.352 e. The van der Waals surface area contributed by atoms with E-state index in [1.165, 1.54) is 6.42 Å². The van der Waals surface area contributed by atoms with Crippen LogP contribution in [-0.2, 0) is 0 Å². The molecule has 0 spiro atoms. The molecule has 0 saturated carbocycles. The molecule has 0 radical (unpaired) electrons. The molecule has 1 saturated heterocycles. The fourth-order valence-corrected chi connectivity index (χ4v) is 2.52. The number of hydrogen-bond donors (Lipinski definition) is 1. The number of nitrogens with zero attached hydrogens (tertiary/aromatic N) is 3. The molecule has 1 aliphatic rings. The summed E-state index contributed by atoms with van der Waals surface area (Å²) in [5.41, 5.74) is 7.38. The van der Waals surface area contributed by atoms with Crippen LogP contribution in [-0.4, -0.2) is 24.1 Å². The first-order valence-electron chi connectivity index (χ1n) is 6.50. The number of aryl methyl sites for hydroxylation is 1. The molecule has 0 aromatic carbocycles. The standard InChI is InChI=1S/C14H20N4/c1-10-3-6-13(8-16)14(17-10)18-9-12(7-15)5-4-11(18)2/h3,6,11-12H,4-5,7,9,15H2,1-2H3. The van der Waals surface area contributed by atoms with Crippen LogP contribution >= 0.6 is 0 Å². The van der Waals surface area contributed by atoms with Gasteiger partial charge in [-0.2, -0.15) is 5.26 Å². The van der Waals surface area contributed by atoms with Crippen LogP contribution in [0.3, 0.4) is 0 Å². The first-order valence-corrected chi connectivity index (χ1v) is 6.50. The molecule has 1 aromatic heterocycles. The van der Waals surface area contributed by atoms with E-state index in [0.29, 0.717) is 24.1 Å². The zero-order valence-corrected chi connectivity index (χ0v) is 11.1. The highest BCUT2D eigenvalue weighted by molar-refractivity contribution is 5.55. The molecule has 1 fully saturated rings. The van der Waals surface area contributed by atoms with Crippen molar-refractivity contribution in [3.63, 3.8) is 0 Å². The van der Waals surface area contributed by atoms with Gasteiger partial charge in [0.25, 0.3) is 0 Å². The second kappa shape index (κ2) is 5.36. The lowest BCUT2D eigenvalue weighted by atomic mass is 9.93. The van der Waals surface area contributed by atoms with E-state index in [1.807, 2.05) is 19.1 Å². The molecule has 0 amide bonds. The Labute approximate surface area is 108 Å². The maximum atomic E-state index is 9.21. The van der Waals surface area contributed by atoms with Crippen LogP contribution in [0.1, 0.15) is 31.0 Å². The lowest BCUT2D eigenvalue weighted by Crippen LogP contribution is -2.44. The van der Waals surface area contributed by atoms with Crippen LogP contribution in [0.15, 0.2) is 12.1 Å². The van der Waals surface area contributed by atoms with Gasteiger partial charge >= 0.3 is 0 Å². The lowest BCUT2D eigenvalue weighted by molar-refractivity contribution is 0.371. The SMILES string of the molecule is Cc1ccc(C#N)c(N2CC(CN)CCC2C)n1. The third kappa shape index (κ3) is 2.46. The molecule has 0 bridgehead atoms. The predicted molar refractivity (Wildman–Crippen MR) is 72.3 cm³/mol. The lowest BCUT2D eigenvalue weighted by Gasteiger charge is -2.39. The molecular formula is C14H20N4. The molecule has 2 unspecified atom stereocenters. The molecule has 4 heteroatoms. The van der Waals surface area contributed by atoms with Crippen molar-refractivity contribution >= 4 is 5.82 Å². The van der Waals surface area contributed by atoms with Crippen molar-refractivity contribution in [3.8, 4) is 6.07 Å². The van der Waals surface area contributed by atoms with E-state index in [0.717, 1.165) is 24.5 Å². The van der Waals surface area contributed by atoms with E-state index in [-0.39, 0.29) is 0 Å². The summed E-state index contributed by atoms with van der Waals surface area (Å²) in [5, 5.41) is 9.21. The Kier molecular flexibility index (Phi) is 3.83. The molecule has 0 aliphatic carbocycles. The molecule has 1 aliphatic heterocycles. The van der Waals surface area contributed by atoms with Gasteiger partial charge in [0.2, 0.25) is 0 Å². The van der Waals surface area contributed by atoms with Gasteiger partial charge in [0.05, 0.1) is 5.56 Å². The Morgan fingerprint density at radius 3 is 2.94 bits per heavy atom. The number of pyridine rings is 1. The van der Waals surface area contributed by atoms with Crippen molar-refractivity contribution in [3.05, 3.63) is 23.4 Å². The maximum absolute atomic E-state index is 9.21. The Morgan fingerprint density at radius 1 is 1.50 bits per heavy atom. The zero-order valence-electron chi connectivity index (χ0n) is 11.1. The van der Waals surface area contributed by atoms with E-state index in [4.69, 9.17) is 5.73 Å². The van der Waals surface area contributed by atoms with Gasteiger partial charge in [0.15, 0.2) is 0 Å². The summed E-state index contributed by atoms with van der Waals surface area (Å²) in [4.78, 5) is 6.79. The van der Waals surface area contributed by atoms with Crippen molar-refractivity contribution in [2.24, 2.45) is 11.7 Å². The Balaban J connectivity index is 2.34. The summed E-state index contributed by atoms with van der Waals surface area (Å²) in [6.45, 7) is 5.76. The fourth-order valence-electron chi connectivity index (χ4n) is 2.52. The monoisotopic (exact) mass is 244 g/mol. The topological polar surface area (TPSA) is 65.9 Å². The van der Waals surface area contributed by atoms with Gasteiger partial charge in [-0.05, 0) is 51.3 Å². The fraction of sp³-hybridized carbons (Fsp3) is 0.571. The molecule has 2 rings (SSSR count). The van der Waals surface area contributed by atoms with Crippen LogP contribution < -0.4 is 10.6 Å². The van der Waals surface area contributed by atoms with Crippen molar-refractivity contribution in [1.82, 2.24) is 4.98 Å². The van der Waals surface area contributed by atoms with E-state index >= 15 is 0 Å². The van der Waals surface area contributed by atoms with E-state index in [1.54, 1.807) is 0 Å². The first-order chi connectivity index (χ1) is 8.65. The smallest absolute Gasteiger partial charge is 0.147 e. The van der Waals surface area contributed by atoms with Gasteiger partial charge in [0, 0.05) is 18.3 Å². The number of anilines is 1.